The van der Waals surface area contributed by atoms with Crippen molar-refractivity contribution in [3.8, 4) is 0 Å². The number of hydrogen-bond acceptors (Lipinski definition) is 3. The van der Waals surface area contributed by atoms with Gasteiger partial charge in [0.1, 0.15) is 5.82 Å². The van der Waals surface area contributed by atoms with Crippen LogP contribution < -0.4 is 11.5 Å². The first kappa shape index (κ1) is 12.1. The van der Waals surface area contributed by atoms with Crippen molar-refractivity contribution in [2.45, 2.75) is 12.5 Å². The molecular weight excluding hydrogens is 278 g/mol. The Kier molecular flexibility index (Phi) is 3.76. The van der Waals surface area contributed by atoms with Gasteiger partial charge in [-0.2, -0.15) is 0 Å². The van der Waals surface area contributed by atoms with Gasteiger partial charge in [-0.15, -0.1) is 0 Å². The highest BCUT2D eigenvalue weighted by molar-refractivity contribution is 9.10. The molecule has 0 spiro atoms. The molecule has 17 heavy (non-hydrogen) atoms. The van der Waals surface area contributed by atoms with E-state index in [4.69, 9.17) is 11.5 Å². The standard InChI is InChI=1S/C13H14BrN3/c14-11-3-1-2-10(8-11)12(15)6-9-4-5-17-13(16)7-9/h1-5,7-8,12H,6,15H2,(H2,16,17). The molecule has 0 amide bonds. The van der Waals surface area contributed by atoms with Crippen LogP contribution in [0, 0.1) is 0 Å². The largest absolute Gasteiger partial charge is 0.384 e. The van der Waals surface area contributed by atoms with Crippen LogP contribution in [0.3, 0.4) is 0 Å². The van der Waals surface area contributed by atoms with Crippen LogP contribution in [0.15, 0.2) is 47.1 Å². The number of benzene rings is 1. The molecule has 0 saturated carbocycles. The average molecular weight is 292 g/mol. The van der Waals surface area contributed by atoms with E-state index >= 15 is 0 Å². The first-order valence-corrected chi connectivity index (χ1v) is 6.16. The maximum atomic E-state index is 6.16. The fourth-order valence-corrected chi connectivity index (χ4v) is 2.15. The van der Waals surface area contributed by atoms with Crippen LogP contribution in [-0.2, 0) is 6.42 Å². The maximum absolute atomic E-state index is 6.16. The molecule has 0 fully saturated rings. The van der Waals surface area contributed by atoms with E-state index in [1.165, 1.54) is 0 Å². The summed E-state index contributed by atoms with van der Waals surface area (Å²) in [6.45, 7) is 0. The molecule has 0 aliphatic rings. The number of anilines is 1. The van der Waals surface area contributed by atoms with E-state index in [1.807, 2.05) is 36.4 Å². The second-order valence-corrected chi connectivity index (χ2v) is 4.87. The van der Waals surface area contributed by atoms with Gasteiger partial charge in [-0.05, 0) is 41.8 Å². The van der Waals surface area contributed by atoms with Gasteiger partial charge in [-0.25, -0.2) is 4.98 Å². The summed E-state index contributed by atoms with van der Waals surface area (Å²) in [7, 11) is 0. The fraction of sp³-hybridized carbons (Fsp3) is 0.154. The first-order valence-electron chi connectivity index (χ1n) is 5.36. The Morgan fingerprint density at radius 3 is 2.76 bits per heavy atom. The minimum atomic E-state index is -0.0331. The molecule has 0 aliphatic carbocycles. The van der Waals surface area contributed by atoms with E-state index in [0.717, 1.165) is 22.0 Å². The van der Waals surface area contributed by atoms with Crippen molar-refractivity contribution in [2.24, 2.45) is 5.73 Å². The molecule has 1 heterocycles. The van der Waals surface area contributed by atoms with Crippen molar-refractivity contribution >= 4 is 21.7 Å². The second-order valence-electron chi connectivity index (χ2n) is 3.95. The van der Waals surface area contributed by atoms with Crippen molar-refractivity contribution in [2.75, 3.05) is 5.73 Å². The SMILES string of the molecule is Nc1cc(CC(N)c2cccc(Br)c2)ccn1. The number of aromatic nitrogens is 1. The molecule has 2 aromatic rings. The number of nitrogens with two attached hydrogens (primary N) is 2. The molecule has 0 radical (unpaired) electrons. The lowest BCUT2D eigenvalue weighted by atomic mass is 10.0. The van der Waals surface area contributed by atoms with Gasteiger partial charge in [0, 0.05) is 16.7 Å². The molecule has 3 nitrogen and oxygen atoms in total. The van der Waals surface area contributed by atoms with Crippen LogP contribution in [0.2, 0.25) is 0 Å². The van der Waals surface area contributed by atoms with Gasteiger partial charge in [0.05, 0.1) is 0 Å². The third-order valence-electron chi connectivity index (χ3n) is 2.58. The van der Waals surface area contributed by atoms with Crippen molar-refractivity contribution in [1.82, 2.24) is 4.98 Å². The van der Waals surface area contributed by atoms with E-state index in [1.54, 1.807) is 6.20 Å². The molecule has 0 bridgehead atoms. The summed E-state index contributed by atoms with van der Waals surface area (Å²) in [5.41, 5.74) is 14.0. The number of nitrogens with zero attached hydrogens (tertiary/aromatic N) is 1. The predicted octanol–water partition coefficient (Wildman–Crippen LogP) is 2.67. The fourth-order valence-electron chi connectivity index (χ4n) is 1.73. The number of pyridine rings is 1. The molecule has 0 saturated heterocycles. The average Bonchev–Trinajstić information content (AvgIpc) is 2.29. The monoisotopic (exact) mass is 291 g/mol. The third-order valence-corrected chi connectivity index (χ3v) is 3.07. The lowest BCUT2D eigenvalue weighted by Crippen LogP contribution is -2.13. The second kappa shape index (κ2) is 5.29. The van der Waals surface area contributed by atoms with Crippen LogP contribution in [0.5, 0.6) is 0 Å². The molecule has 4 N–H and O–H groups in total. The van der Waals surface area contributed by atoms with E-state index in [-0.39, 0.29) is 6.04 Å². The molecule has 0 aliphatic heterocycles. The molecule has 1 aromatic carbocycles. The van der Waals surface area contributed by atoms with Gasteiger partial charge >= 0.3 is 0 Å². The molecule has 4 heteroatoms. The molecule has 1 atom stereocenters. The first-order chi connectivity index (χ1) is 8.15. The number of halogens is 1. The molecule has 2 rings (SSSR count). The van der Waals surface area contributed by atoms with Crippen LogP contribution in [0.4, 0.5) is 5.82 Å². The predicted molar refractivity (Wildman–Crippen MR) is 73.4 cm³/mol. The lowest BCUT2D eigenvalue weighted by molar-refractivity contribution is 0.721. The zero-order chi connectivity index (χ0) is 12.3. The molecule has 88 valence electrons. The van der Waals surface area contributed by atoms with Crippen molar-refractivity contribution in [3.63, 3.8) is 0 Å². The molecule has 1 aromatic heterocycles. The van der Waals surface area contributed by atoms with E-state index in [0.29, 0.717) is 5.82 Å². The Hall–Kier alpha value is -1.39. The minimum Gasteiger partial charge on any atom is -0.384 e. The molecular formula is C13H14BrN3. The third kappa shape index (κ3) is 3.28. The van der Waals surface area contributed by atoms with Crippen LogP contribution >= 0.6 is 15.9 Å². The normalized spacial score (nSPS) is 12.4. The summed E-state index contributed by atoms with van der Waals surface area (Å²) in [5, 5.41) is 0. The molecule has 1 unspecified atom stereocenters. The summed E-state index contributed by atoms with van der Waals surface area (Å²) in [6.07, 6.45) is 2.46. The Bertz CT molecular complexity index is 514. The maximum Gasteiger partial charge on any atom is 0.123 e. The smallest absolute Gasteiger partial charge is 0.123 e. The van der Waals surface area contributed by atoms with Crippen molar-refractivity contribution < 1.29 is 0 Å². The summed E-state index contributed by atoms with van der Waals surface area (Å²) in [4.78, 5) is 3.96. The zero-order valence-electron chi connectivity index (χ0n) is 9.31. The van der Waals surface area contributed by atoms with Gasteiger partial charge in [0.2, 0.25) is 0 Å². The highest BCUT2D eigenvalue weighted by atomic mass is 79.9. The summed E-state index contributed by atoms with van der Waals surface area (Å²) < 4.78 is 1.04. The number of nitrogen functional groups attached to an aromatic ring is 1. The Morgan fingerprint density at radius 2 is 2.06 bits per heavy atom. The van der Waals surface area contributed by atoms with Crippen molar-refractivity contribution in [3.05, 3.63) is 58.2 Å². The van der Waals surface area contributed by atoms with Crippen LogP contribution in [0.1, 0.15) is 17.2 Å². The topological polar surface area (TPSA) is 64.9 Å². The summed E-state index contributed by atoms with van der Waals surface area (Å²) in [6, 6.07) is 11.8. The van der Waals surface area contributed by atoms with Crippen molar-refractivity contribution in [1.29, 1.82) is 0 Å². The van der Waals surface area contributed by atoms with Gasteiger partial charge in [-0.3, -0.25) is 0 Å². The zero-order valence-corrected chi connectivity index (χ0v) is 10.9. The van der Waals surface area contributed by atoms with Gasteiger partial charge in [-0.1, -0.05) is 28.1 Å². The number of rotatable bonds is 3. The lowest BCUT2D eigenvalue weighted by Gasteiger charge is -2.12. The van der Waals surface area contributed by atoms with Crippen LogP contribution in [0.25, 0.3) is 0 Å². The number of hydrogen-bond donors (Lipinski definition) is 2. The Balaban J connectivity index is 2.14. The highest BCUT2D eigenvalue weighted by Gasteiger charge is 2.07. The summed E-state index contributed by atoms with van der Waals surface area (Å²) >= 11 is 3.44. The Labute approximate surface area is 109 Å². The van der Waals surface area contributed by atoms with E-state index in [9.17, 15) is 0 Å². The van der Waals surface area contributed by atoms with Gasteiger partial charge in [0.25, 0.3) is 0 Å². The van der Waals surface area contributed by atoms with Gasteiger partial charge < -0.3 is 11.5 Å². The quantitative estimate of drug-likeness (QED) is 0.914. The highest BCUT2D eigenvalue weighted by Crippen LogP contribution is 2.20. The van der Waals surface area contributed by atoms with Gasteiger partial charge in [0.15, 0.2) is 0 Å². The van der Waals surface area contributed by atoms with Crippen LogP contribution in [-0.4, -0.2) is 4.98 Å². The van der Waals surface area contributed by atoms with E-state index < -0.39 is 0 Å². The van der Waals surface area contributed by atoms with E-state index in [2.05, 4.69) is 20.9 Å². The Morgan fingerprint density at radius 1 is 1.24 bits per heavy atom. The minimum absolute atomic E-state index is 0.0331. The summed E-state index contributed by atoms with van der Waals surface area (Å²) in [5.74, 6) is 0.531.